The van der Waals surface area contributed by atoms with Gasteiger partial charge in [0.2, 0.25) is 0 Å². The van der Waals surface area contributed by atoms with Crippen LogP contribution >= 0.6 is 0 Å². The maximum absolute atomic E-state index is 4.35. The number of hydrogen-bond donors (Lipinski definition) is 0. The largest absolute Gasteiger partial charge is 0.412 e. The molecule has 4 heteroatoms. The summed E-state index contributed by atoms with van der Waals surface area (Å²) < 4.78 is 0. The first-order valence-electron chi connectivity index (χ1n) is 4.53. The summed E-state index contributed by atoms with van der Waals surface area (Å²) in [5.74, 6) is 0. The molecule has 0 aliphatic carbocycles. The number of nitrogens with zero attached hydrogens (tertiary/aromatic N) is 2. The average molecular weight is 390 g/mol. The van der Waals surface area contributed by atoms with Crippen LogP contribution in [0.5, 0.6) is 0 Å². The number of hydrogen-bond acceptors (Lipinski definition) is 2. The van der Waals surface area contributed by atoms with Crippen LogP contribution < -0.4 is 0 Å². The molecule has 0 aliphatic rings. The smallest absolute Gasteiger partial charge is 0.0964 e. The molecule has 83 valence electrons. The van der Waals surface area contributed by atoms with E-state index >= 15 is 0 Å². The molecule has 2 N–H and O–H groups in total. The van der Waals surface area contributed by atoms with E-state index < -0.39 is 0 Å². The van der Waals surface area contributed by atoms with Gasteiger partial charge in [0, 0.05) is 43.3 Å². The Morgan fingerprint density at radius 2 is 1.12 bits per heavy atom. The van der Waals surface area contributed by atoms with Gasteiger partial charge in [-0.25, -0.2) is 0 Å². The van der Waals surface area contributed by atoms with Crippen molar-refractivity contribution < 1.29 is 25.6 Å². The zero-order valence-corrected chi connectivity index (χ0v) is 10.7. The molecule has 16 heavy (non-hydrogen) atoms. The summed E-state index contributed by atoms with van der Waals surface area (Å²) in [7, 11) is 0. The van der Waals surface area contributed by atoms with Crippen molar-refractivity contribution in [2.75, 3.05) is 0 Å². The third kappa shape index (κ3) is 1.95. The minimum absolute atomic E-state index is 0. The second-order valence-corrected chi connectivity index (χ2v) is 3.22. The van der Waals surface area contributed by atoms with Crippen molar-refractivity contribution in [2.24, 2.45) is 0 Å². The minimum Gasteiger partial charge on any atom is -0.412 e. The zero-order valence-electron chi connectivity index (χ0n) is 8.35. The second-order valence-electron chi connectivity index (χ2n) is 3.22. The Morgan fingerprint density at radius 1 is 0.688 bits per heavy atom. The van der Waals surface area contributed by atoms with Gasteiger partial charge in [-0.05, 0) is 12.1 Å². The van der Waals surface area contributed by atoms with E-state index in [4.69, 9.17) is 0 Å². The molecule has 0 spiro atoms. The van der Waals surface area contributed by atoms with E-state index in [1.54, 1.807) is 12.4 Å². The quantitative estimate of drug-likeness (QED) is 0.551. The van der Waals surface area contributed by atoms with Crippen LogP contribution in [0.25, 0.3) is 21.8 Å². The maximum atomic E-state index is 4.35. The molecule has 3 aromatic rings. The summed E-state index contributed by atoms with van der Waals surface area (Å²) in [5, 5.41) is 2.28. The normalized spacial score (nSPS) is 9.50. The van der Waals surface area contributed by atoms with Crippen LogP contribution in [-0.4, -0.2) is 15.4 Å². The van der Waals surface area contributed by atoms with Gasteiger partial charge in [-0.15, -0.1) is 0 Å². The Labute approximate surface area is 106 Å². The van der Waals surface area contributed by atoms with Crippen molar-refractivity contribution in [3.05, 3.63) is 48.8 Å². The molecular formula is C12H10IrN2O. The van der Waals surface area contributed by atoms with Gasteiger partial charge in [0.05, 0.1) is 11.0 Å². The number of benzene rings is 1. The molecule has 0 atom stereocenters. The number of rotatable bonds is 0. The van der Waals surface area contributed by atoms with E-state index in [1.165, 1.54) is 0 Å². The summed E-state index contributed by atoms with van der Waals surface area (Å²) >= 11 is 0. The zero-order chi connectivity index (χ0) is 9.38. The van der Waals surface area contributed by atoms with E-state index in [1.807, 2.05) is 12.1 Å². The van der Waals surface area contributed by atoms with Crippen LogP contribution in [0.15, 0.2) is 48.8 Å². The Balaban J connectivity index is 0.000000640. The fraction of sp³-hybridized carbons (Fsp3) is 0. The molecular weight excluding hydrogens is 380 g/mol. The van der Waals surface area contributed by atoms with E-state index in [0.717, 1.165) is 21.8 Å². The van der Waals surface area contributed by atoms with E-state index in [0.29, 0.717) is 0 Å². The van der Waals surface area contributed by atoms with Crippen LogP contribution in [0, 0.1) is 0 Å². The molecule has 0 amide bonds. The first-order valence-corrected chi connectivity index (χ1v) is 4.53. The molecule has 1 aromatic carbocycles. The molecule has 0 saturated carbocycles. The van der Waals surface area contributed by atoms with Crippen LogP contribution in [0.3, 0.4) is 0 Å². The fourth-order valence-electron chi connectivity index (χ4n) is 1.68. The van der Waals surface area contributed by atoms with Gasteiger partial charge in [-0.1, -0.05) is 24.3 Å². The van der Waals surface area contributed by atoms with E-state index in [2.05, 4.69) is 34.2 Å². The molecule has 1 radical (unpaired) electrons. The topological polar surface area (TPSA) is 57.3 Å². The SMILES string of the molecule is O.[Ir].c1cnc2c(c1)ccc1cccnc12. The number of fused-ring (bicyclic) bond motifs is 3. The monoisotopic (exact) mass is 391 g/mol. The van der Waals surface area contributed by atoms with Gasteiger partial charge in [0.1, 0.15) is 0 Å². The second kappa shape index (κ2) is 5.12. The summed E-state index contributed by atoms with van der Waals surface area (Å²) in [6, 6.07) is 12.1. The summed E-state index contributed by atoms with van der Waals surface area (Å²) in [5.41, 5.74) is 1.95. The summed E-state index contributed by atoms with van der Waals surface area (Å²) in [4.78, 5) is 8.69. The molecule has 2 aromatic heterocycles. The predicted octanol–water partition coefficient (Wildman–Crippen LogP) is 1.96. The number of pyridine rings is 2. The standard InChI is InChI=1S/C12H8N2.Ir.H2O/c1-3-9-5-6-10-4-2-8-14-12(10)11(9)13-7-1;;/h1-8H;;1H2. The van der Waals surface area contributed by atoms with Crippen molar-refractivity contribution in [3.63, 3.8) is 0 Å². The van der Waals surface area contributed by atoms with Gasteiger partial charge in [0.25, 0.3) is 0 Å². The van der Waals surface area contributed by atoms with E-state index in [-0.39, 0.29) is 25.6 Å². The number of aromatic nitrogens is 2. The average Bonchev–Trinajstić information content (AvgIpc) is 2.29. The van der Waals surface area contributed by atoms with Gasteiger partial charge in [-0.3, -0.25) is 9.97 Å². The van der Waals surface area contributed by atoms with Gasteiger partial charge < -0.3 is 5.48 Å². The molecule has 0 fully saturated rings. The van der Waals surface area contributed by atoms with Crippen LogP contribution in [0.1, 0.15) is 0 Å². The van der Waals surface area contributed by atoms with Gasteiger partial charge in [0.15, 0.2) is 0 Å². The molecule has 0 unspecified atom stereocenters. The molecule has 0 aliphatic heterocycles. The summed E-state index contributed by atoms with van der Waals surface area (Å²) in [6.45, 7) is 0. The van der Waals surface area contributed by atoms with Crippen LogP contribution in [0.4, 0.5) is 0 Å². The molecule has 0 saturated heterocycles. The van der Waals surface area contributed by atoms with Crippen molar-refractivity contribution in [1.82, 2.24) is 9.97 Å². The van der Waals surface area contributed by atoms with Gasteiger partial charge >= 0.3 is 0 Å². The molecule has 0 bridgehead atoms. The van der Waals surface area contributed by atoms with Crippen molar-refractivity contribution >= 4 is 21.8 Å². The molecule has 2 heterocycles. The maximum Gasteiger partial charge on any atom is 0.0964 e. The van der Waals surface area contributed by atoms with Crippen molar-refractivity contribution in [3.8, 4) is 0 Å². The third-order valence-corrected chi connectivity index (χ3v) is 2.34. The molecule has 3 nitrogen and oxygen atoms in total. The van der Waals surface area contributed by atoms with Crippen molar-refractivity contribution in [1.29, 1.82) is 0 Å². The van der Waals surface area contributed by atoms with Crippen molar-refractivity contribution in [2.45, 2.75) is 0 Å². The third-order valence-electron chi connectivity index (χ3n) is 2.34. The van der Waals surface area contributed by atoms with Crippen LogP contribution in [-0.2, 0) is 20.1 Å². The summed E-state index contributed by atoms with van der Waals surface area (Å²) in [6.07, 6.45) is 3.60. The first kappa shape index (κ1) is 12.7. The Morgan fingerprint density at radius 3 is 1.56 bits per heavy atom. The van der Waals surface area contributed by atoms with E-state index in [9.17, 15) is 0 Å². The Kier molecular flexibility index (Phi) is 4.07. The minimum atomic E-state index is 0. The molecule has 3 rings (SSSR count). The Hall–Kier alpha value is -1.35. The predicted molar refractivity (Wildman–Crippen MR) is 60.7 cm³/mol. The fourth-order valence-corrected chi connectivity index (χ4v) is 1.68. The van der Waals surface area contributed by atoms with Crippen LogP contribution in [0.2, 0.25) is 0 Å². The van der Waals surface area contributed by atoms with Gasteiger partial charge in [-0.2, -0.15) is 0 Å². The first-order chi connectivity index (χ1) is 6.95. The Bertz CT molecular complexity index is 558.